The van der Waals surface area contributed by atoms with Crippen molar-refractivity contribution in [3.05, 3.63) is 76.1 Å². The SMILES string of the molecule is Cn1c(=O)cc(C(=O)Nc2ccc(CC(=O)NC3CC3)cc2)c2ccccc21. The predicted molar refractivity (Wildman–Crippen MR) is 108 cm³/mol. The van der Waals surface area contributed by atoms with Crippen LogP contribution in [0.1, 0.15) is 28.8 Å². The van der Waals surface area contributed by atoms with Gasteiger partial charge in [0.1, 0.15) is 0 Å². The molecule has 2 aromatic carbocycles. The van der Waals surface area contributed by atoms with Crippen LogP contribution < -0.4 is 16.2 Å². The Morgan fingerprint density at radius 3 is 2.50 bits per heavy atom. The van der Waals surface area contributed by atoms with E-state index in [0.29, 0.717) is 29.2 Å². The van der Waals surface area contributed by atoms with Gasteiger partial charge in [-0.2, -0.15) is 0 Å². The van der Waals surface area contributed by atoms with Crippen LogP contribution in [-0.4, -0.2) is 22.4 Å². The summed E-state index contributed by atoms with van der Waals surface area (Å²) in [5.41, 5.74) is 2.31. The number of amides is 2. The van der Waals surface area contributed by atoms with Gasteiger partial charge in [0.2, 0.25) is 5.91 Å². The van der Waals surface area contributed by atoms with Crippen LogP contribution in [0.5, 0.6) is 0 Å². The van der Waals surface area contributed by atoms with Gasteiger partial charge in [0.05, 0.1) is 17.5 Å². The van der Waals surface area contributed by atoms with E-state index in [4.69, 9.17) is 0 Å². The van der Waals surface area contributed by atoms with Crippen LogP contribution in [0.2, 0.25) is 0 Å². The van der Waals surface area contributed by atoms with Gasteiger partial charge in [-0.15, -0.1) is 0 Å². The molecule has 2 N–H and O–H groups in total. The Morgan fingerprint density at radius 1 is 1.07 bits per heavy atom. The van der Waals surface area contributed by atoms with Crippen molar-refractivity contribution >= 4 is 28.4 Å². The molecule has 6 heteroatoms. The van der Waals surface area contributed by atoms with E-state index in [9.17, 15) is 14.4 Å². The highest BCUT2D eigenvalue weighted by Gasteiger charge is 2.23. The van der Waals surface area contributed by atoms with Crippen molar-refractivity contribution in [2.75, 3.05) is 5.32 Å². The van der Waals surface area contributed by atoms with Crippen LogP contribution in [0.4, 0.5) is 5.69 Å². The molecular weight excluding hydrogens is 354 g/mol. The number of carbonyl (C=O) groups excluding carboxylic acids is 2. The number of aryl methyl sites for hydroxylation is 1. The quantitative estimate of drug-likeness (QED) is 0.719. The molecule has 4 rings (SSSR count). The fraction of sp³-hybridized carbons (Fsp3) is 0.227. The zero-order chi connectivity index (χ0) is 19.7. The van der Waals surface area contributed by atoms with Crippen molar-refractivity contribution in [1.29, 1.82) is 0 Å². The second kappa shape index (κ2) is 7.31. The molecule has 0 unspecified atom stereocenters. The molecule has 1 aliphatic carbocycles. The molecule has 1 heterocycles. The van der Waals surface area contributed by atoms with E-state index >= 15 is 0 Å². The fourth-order valence-corrected chi connectivity index (χ4v) is 3.19. The third-order valence-electron chi connectivity index (χ3n) is 4.92. The van der Waals surface area contributed by atoms with Crippen molar-refractivity contribution in [3.63, 3.8) is 0 Å². The number of carbonyl (C=O) groups is 2. The predicted octanol–water partition coefficient (Wildman–Crippen LogP) is 2.61. The summed E-state index contributed by atoms with van der Waals surface area (Å²) >= 11 is 0. The van der Waals surface area contributed by atoms with Gasteiger partial charge in [-0.25, -0.2) is 0 Å². The number of para-hydroxylation sites is 1. The number of rotatable bonds is 5. The number of hydrogen-bond donors (Lipinski definition) is 2. The van der Waals surface area contributed by atoms with Crippen LogP contribution in [0.3, 0.4) is 0 Å². The number of aromatic nitrogens is 1. The highest BCUT2D eigenvalue weighted by molar-refractivity contribution is 6.12. The molecule has 142 valence electrons. The Bertz CT molecular complexity index is 1110. The maximum Gasteiger partial charge on any atom is 0.256 e. The number of nitrogens with one attached hydrogen (secondary N) is 2. The van der Waals surface area contributed by atoms with E-state index in [-0.39, 0.29) is 17.4 Å². The first-order chi connectivity index (χ1) is 13.5. The van der Waals surface area contributed by atoms with Crippen LogP contribution in [0.15, 0.2) is 59.4 Å². The monoisotopic (exact) mass is 375 g/mol. The molecule has 6 nitrogen and oxygen atoms in total. The molecule has 0 radical (unpaired) electrons. The molecule has 1 saturated carbocycles. The maximum atomic E-state index is 12.8. The summed E-state index contributed by atoms with van der Waals surface area (Å²) in [6.45, 7) is 0. The zero-order valence-corrected chi connectivity index (χ0v) is 15.6. The minimum atomic E-state index is -0.340. The van der Waals surface area contributed by atoms with E-state index in [1.807, 2.05) is 36.4 Å². The second-order valence-corrected chi connectivity index (χ2v) is 7.14. The minimum absolute atomic E-state index is 0.0193. The number of benzene rings is 2. The molecular formula is C22H21N3O3. The van der Waals surface area contributed by atoms with Gasteiger partial charge in [0.25, 0.3) is 11.5 Å². The first kappa shape index (κ1) is 18.0. The van der Waals surface area contributed by atoms with Gasteiger partial charge in [-0.1, -0.05) is 30.3 Å². The molecule has 1 aliphatic rings. The lowest BCUT2D eigenvalue weighted by molar-refractivity contribution is -0.120. The zero-order valence-electron chi connectivity index (χ0n) is 15.6. The van der Waals surface area contributed by atoms with Crippen LogP contribution >= 0.6 is 0 Å². The Balaban J connectivity index is 1.51. The molecule has 3 aromatic rings. The van der Waals surface area contributed by atoms with Gasteiger partial charge in [-0.05, 0) is 36.6 Å². The fourth-order valence-electron chi connectivity index (χ4n) is 3.19. The number of nitrogens with zero attached hydrogens (tertiary/aromatic N) is 1. The lowest BCUT2D eigenvalue weighted by atomic mass is 10.1. The second-order valence-electron chi connectivity index (χ2n) is 7.14. The highest BCUT2D eigenvalue weighted by Crippen LogP contribution is 2.20. The average Bonchev–Trinajstić information content (AvgIpc) is 3.50. The summed E-state index contributed by atoms with van der Waals surface area (Å²) in [5, 5.41) is 6.51. The van der Waals surface area contributed by atoms with E-state index in [1.54, 1.807) is 19.2 Å². The number of hydrogen-bond acceptors (Lipinski definition) is 3. The summed E-state index contributed by atoms with van der Waals surface area (Å²) in [6, 6.07) is 16.2. The largest absolute Gasteiger partial charge is 0.353 e. The first-order valence-corrected chi connectivity index (χ1v) is 9.30. The summed E-state index contributed by atoms with van der Waals surface area (Å²) < 4.78 is 1.52. The molecule has 0 bridgehead atoms. The van der Waals surface area contributed by atoms with Crippen LogP contribution in [0.25, 0.3) is 10.9 Å². The molecule has 2 amide bonds. The summed E-state index contributed by atoms with van der Waals surface area (Å²) in [7, 11) is 1.68. The molecule has 0 atom stereocenters. The van der Waals surface area contributed by atoms with Crippen molar-refractivity contribution in [3.8, 4) is 0 Å². The third-order valence-corrected chi connectivity index (χ3v) is 4.92. The van der Waals surface area contributed by atoms with Crippen molar-refractivity contribution in [2.45, 2.75) is 25.3 Å². The van der Waals surface area contributed by atoms with Gasteiger partial charge in [0.15, 0.2) is 0 Å². The third kappa shape index (κ3) is 3.81. The summed E-state index contributed by atoms with van der Waals surface area (Å²) in [5.74, 6) is -0.320. The van der Waals surface area contributed by atoms with Crippen LogP contribution in [-0.2, 0) is 18.3 Å². The van der Waals surface area contributed by atoms with Gasteiger partial charge in [-0.3, -0.25) is 14.4 Å². The minimum Gasteiger partial charge on any atom is -0.353 e. The average molecular weight is 375 g/mol. The lowest BCUT2D eigenvalue weighted by Gasteiger charge is -2.11. The summed E-state index contributed by atoms with van der Waals surface area (Å²) in [4.78, 5) is 36.8. The molecule has 1 fully saturated rings. The van der Waals surface area contributed by atoms with E-state index in [1.165, 1.54) is 10.6 Å². The Hall–Kier alpha value is -3.41. The smallest absolute Gasteiger partial charge is 0.256 e. The van der Waals surface area contributed by atoms with Gasteiger partial charge < -0.3 is 15.2 Å². The van der Waals surface area contributed by atoms with Crippen LogP contribution in [0, 0.1) is 0 Å². The van der Waals surface area contributed by atoms with Gasteiger partial charge >= 0.3 is 0 Å². The lowest BCUT2D eigenvalue weighted by Crippen LogP contribution is -2.26. The maximum absolute atomic E-state index is 12.8. The summed E-state index contributed by atoms with van der Waals surface area (Å²) in [6.07, 6.45) is 2.45. The molecule has 0 spiro atoms. The van der Waals surface area contributed by atoms with Gasteiger partial charge in [0, 0.05) is 30.2 Å². The molecule has 0 saturated heterocycles. The topological polar surface area (TPSA) is 80.2 Å². The standard InChI is InChI=1S/C22H21N3O3/c1-25-19-5-3-2-4-17(19)18(13-21(25)27)22(28)24-16-8-6-14(7-9-16)12-20(26)23-15-10-11-15/h2-9,13,15H,10-12H2,1H3,(H,23,26)(H,24,28). The van der Waals surface area contributed by atoms with Crippen molar-refractivity contribution < 1.29 is 9.59 Å². The molecule has 28 heavy (non-hydrogen) atoms. The van der Waals surface area contributed by atoms with E-state index < -0.39 is 0 Å². The van der Waals surface area contributed by atoms with E-state index in [2.05, 4.69) is 10.6 Å². The van der Waals surface area contributed by atoms with Crippen molar-refractivity contribution in [2.24, 2.45) is 7.05 Å². The Labute approximate surface area is 162 Å². The van der Waals surface area contributed by atoms with Crippen molar-refractivity contribution in [1.82, 2.24) is 9.88 Å². The Kier molecular flexibility index (Phi) is 4.69. The number of anilines is 1. The molecule has 1 aromatic heterocycles. The first-order valence-electron chi connectivity index (χ1n) is 9.30. The Morgan fingerprint density at radius 2 is 1.79 bits per heavy atom. The van der Waals surface area contributed by atoms with E-state index in [0.717, 1.165) is 23.8 Å². The normalized spacial score (nSPS) is 13.3. The number of fused-ring (bicyclic) bond motifs is 1. The molecule has 0 aliphatic heterocycles. The number of pyridine rings is 1. The highest BCUT2D eigenvalue weighted by atomic mass is 16.2.